The normalized spacial score (nSPS) is 21.5. The Hall–Kier alpha value is -0.370. The van der Waals surface area contributed by atoms with Crippen molar-refractivity contribution in [2.24, 2.45) is 17.6 Å². The monoisotopic (exact) mass is 225 g/mol. The van der Waals surface area contributed by atoms with Crippen molar-refractivity contribution in [1.29, 1.82) is 0 Å². The van der Waals surface area contributed by atoms with Crippen molar-refractivity contribution in [2.45, 2.75) is 71.3 Å². The van der Waals surface area contributed by atoms with Gasteiger partial charge in [0.2, 0.25) is 0 Å². The largest absolute Gasteiger partial charge is 0.319 e. The number of unbranched alkanes of at least 4 members (excludes halogenated alkanes) is 1. The summed E-state index contributed by atoms with van der Waals surface area (Å²) in [5, 5.41) is 0. The van der Waals surface area contributed by atoms with Gasteiger partial charge >= 0.3 is 0 Å². The van der Waals surface area contributed by atoms with E-state index in [0.717, 1.165) is 19.3 Å². The molecule has 2 nitrogen and oxygen atoms in total. The first-order chi connectivity index (χ1) is 7.52. The van der Waals surface area contributed by atoms with Gasteiger partial charge in [-0.05, 0) is 31.6 Å². The van der Waals surface area contributed by atoms with E-state index in [0.29, 0.717) is 18.3 Å². The van der Waals surface area contributed by atoms with Crippen molar-refractivity contribution < 1.29 is 4.79 Å². The minimum atomic E-state index is -0.542. The maximum Gasteiger partial charge on any atom is 0.152 e. The van der Waals surface area contributed by atoms with Gasteiger partial charge in [0.05, 0.1) is 5.54 Å². The van der Waals surface area contributed by atoms with Gasteiger partial charge in [0.15, 0.2) is 5.78 Å². The van der Waals surface area contributed by atoms with Crippen LogP contribution in [0.5, 0.6) is 0 Å². The fourth-order valence-corrected chi connectivity index (χ4v) is 2.34. The van der Waals surface area contributed by atoms with Crippen molar-refractivity contribution in [3.05, 3.63) is 0 Å². The third-order valence-corrected chi connectivity index (χ3v) is 4.04. The Morgan fingerprint density at radius 2 is 2.06 bits per heavy atom. The second kappa shape index (κ2) is 5.81. The first-order valence-electron chi connectivity index (χ1n) is 6.84. The highest BCUT2D eigenvalue weighted by atomic mass is 16.1. The zero-order valence-electron chi connectivity index (χ0n) is 11.1. The molecule has 1 saturated carbocycles. The predicted molar refractivity (Wildman–Crippen MR) is 68.2 cm³/mol. The molecular formula is C14H27NO. The quantitative estimate of drug-likeness (QED) is 0.689. The molecule has 2 heteroatoms. The number of carbonyl (C=O) groups excluding carboxylic acids is 1. The Kier molecular flexibility index (Phi) is 4.97. The van der Waals surface area contributed by atoms with Gasteiger partial charge < -0.3 is 5.73 Å². The summed E-state index contributed by atoms with van der Waals surface area (Å²) >= 11 is 0. The highest BCUT2D eigenvalue weighted by molar-refractivity contribution is 5.88. The Bertz CT molecular complexity index is 231. The lowest BCUT2D eigenvalue weighted by atomic mass is 9.84. The van der Waals surface area contributed by atoms with Gasteiger partial charge in [0.1, 0.15) is 0 Å². The molecule has 1 rings (SSSR count). The van der Waals surface area contributed by atoms with E-state index in [-0.39, 0.29) is 5.78 Å². The number of carbonyl (C=O) groups is 1. The second-order valence-corrected chi connectivity index (χ2v) is 5.60. The molecule has 0 aromatic rings. The number of nitrogens with two attached hydrogens (primary N) is 1. The topological polar surface area (TPSA) is 43.1 Å². The van der Waals surface area contributed by atoms with Gasteiger partial charge in [-0.1, -0.05) is 39.5 Å². The summed E-state index contributed by atoms with van der Waals surface area (Å²) in [6.07, 6.45) is 7.71. The van der Waals surface area contributed by atoms with Crippen LogP contribution in [0.15, 0.2) is 0 Å². The van der Waals surface area contributed by atoms with Crippen molar-refractivity contribution in [1.82, 2.24) is 0 Å². The van der Waals surface area contributed by atoms with Crippen molar-refractivity contribution in [2.75, 3.05) is 0 Å². The van der Waals surface area contributed by atoms with E-state index in [2.05, 4.69) is 13.8 Å². The van der Waals surface area contributed by atoms with Gasteiger partial charge in [0, 0.05) is 6.42 Å². The molecule has 1 aliphatic carbocycles. The molecule has 16 heavy (non-hydrogen) atoms. The zero-order chi connectivity index (χ0) is 12.2. The molecule has 2 atom stereocenters. The molecule has 0 bridgehead atoms. The first kappa shape index (κ1) is 13.7. The molecule has 0 aromatic heterocycles. The summed E-state index contributed by atoms with van der Waals surface area (Å²) in [6, 6.07) is 0. The number of ketones is 1. The number of rotatable bonds is 8. The van der Waals surface area contributed by atoms with Gasteiger partial charge in [-0.2, -0.15) is 0 Å². The lowest BCUT2D eigenvalue weighted by molar-refractivity contribution is -0.125. The van der Waals surface area contributed by atoms with Crippen molar-refractivity contribution in [3.63, 3.8) is 0 Å². The maximum atomic E-state index is 12.2. The van der Waals surface area contributed by atoms with Crippen LogP contribution in [0, 0.1) is 11.8 Å². The molecule has 0 heterocycles. The summed E-state index contributed by atoms with van der Waals surface area (Å²) in [5.74, 6) is 1.30. The van der Waals surface area contributed by atoms with Crippen molar-refractivity contribution >= 4 is 5.78 Å². The number of Topliss-reactive ketones (excluding diaryl/α,β-unsaturated/α-hetero) is 1. The summed E-state index contributed by atoms with van der Waals surface area (Å²) in [6.45, 7) is 6.31. The van der Waals surface area contributed by atoms with Crippen LogP contribution in [0.2, 0.25) is 0 Å². The Balaban J connectivity index is 2.41. The number of hydrogen-bond donors (Lipinski definition) is 1. The molecule has 2 unspecified atom stereocenters. The summed E-state index contributed by atoms with van der Waals surface area (Å²) < 4.78 is 0. The third-order valence-electron chi connectivity index (χ3n) is 4.04. The van der Waals surface area contributed by atoms with E-state index in [1.54, 1.807) is 0 Å². The van der Waals surface area contributed by atoms with E-state index in [9.17, 15) is 4.79 Å². The molecule has 94 valence electrons. The SMILES string of the molecule is CCCCC(CC)CC(=O)C(C)(N)C1CC1. The molecule has 0 saturated heterocycles. The van der Waals surface area contributed by atoms with Crippen LogP contribution in [0.3, 0.4) is 0 Å². The minimum Gasteiger partial charge on any atom is -0.319 e. The zero-order valence-corrected chi connectivity index (χ0v) is 11.1. The lowest BCUT2D eigenvalue weighted by Crippen LogP contribution is -2.47. The van der Waals surface area contributed by atoms with Crippen LogP contribution in [0.1, 0.15) is 65.7 Å². The van der Waals surface area contributed by atoms with E-state index >= 15 is 0 Å². The van der Waals surface area contributed by atoms with E-state index in [1.807, 2.05) is 6.92 Å². The Morgan fingerprint density at radius 1 is 1.44 bits per heavy atom. The molecule has 1 fully saturated rings. The molecule has 1 aliphatic rings. The summed E-state index contributed by atoms with van der Waals surface area (Å²) in [7, 11) is 0. The van der Waals surface area contributed by atoms with Crippen molar-refractivity contribution in [3.8, 4) is 0 Å². The first-order valence-corrected chi connectivity index (χ1v) is 6.84. The van der Waals surface area contributed by atoms with Gasteiger partial charge in [-0.25, -0.2) is 0 Å². The predicted octanol–water partition coefficient (Wildman–Crippen LogP) is 3.29. The van der Waals surface area contributed by atoms with Gasteiger partial charge in [0.25, 0.3) is 0 Å². The molecule has 0 spiro atoms. The van der Waals surface area contributed by atoms with E-state index < -0.39 is 5.54 Å². The second-order valence-electron chi connectivity index (χ2n) is 5.60. The Morgan fingerprint density at radius 3 is 2.50 bits per heavy atom. The van der Waals surface area contributed by atoms with Crippen LogP contribution in [0.4, 0.5) is 0 Å². The van der Waals surface area contributed by atoms with Crippen LogP contribution < -0.4 is 5.73 Å². The van der Waals surface area contributed by atoms with Crippen LogP contribution in [-0.4, -0.2) is 11.3 Å². The van der Waals surface area contributed by atoms with E-state index in [1.165, 1.54) is 19.3 Å². The third kappa shape index (κ3) is 3.58. The fourth-order valence-electron chi connectivity index (χ4n) is 2.34. The van der Waals surface area contributed by atoms with Gasteiger partial charge in [-0.3, -0.25) is 4.79 Å². The van der Waals surface area contributed by atoms with Gasteiger partial charge in [-0.15, -0.1) is 0 Å². The summed E-state index contributed by atoms with van der Waals surface area (Å²) in [5.41, 5.74) is 5.61. The summed E-state index contributed by atoms with van der Waals surface area (Å²) in [4.78, 5) is 12.2. The average Bonchev–Trinajstić information content (AvgIpc) is 3.07. The highest BCUT2D eigenvalue weighted by Crippen LogP contribution is 2.39. The van der Waals surface area contributed by atoms with Crippen LogP contribution in [0.25, 0.3) is 0 Å². The Labute approximate surface area is 100.0 Å². The van der Waals surface area contributed by atoms with E-state index in [4.69, 9.17) is 5.73 Å². The smallest absolute Gasteiger partial charge is 0.152 e. The highest BCUT2D eigenvalue weighted by Gasteiger charge is 2.43. The standard InChI is InChI=1S/C14H27NO/c1-4-6-7-11(5-2)10-13(16)14(3,15)12-8-9-12/h11-12H,4-10,15H2,1-3H3. The lowest BCUT2D eigenvalue weighted by Gasteiger charge is -2.25. The molecular weight excluding hydrogens is 198 g/mol. The van der Waals surface area contributed by atoms with Crippen LogP contribution in [-0.2, 0) is 4.79 Å². The molecule has 0 aromatic carbocycles. The van der Waals surface area contributed by atoms with Crippen LogP contribution >= 0.6 is 0 Å². The fraction of sp³-hybridized carbons (Fsp3) is 0.929. The molecule has 0 radical (unpaired) electrons. The molecule has 2 N–H and O–H groups in total. The average molecular weight is 225 g/mol. The molecule has 0 amide bonds. The molecule has 0 aliphatic heterocycles. The minimum absolute atomic E-state index is 0.290. The number of hydrogen-bond acceptors (Lipinski definition) is 2. The maximum absolute atomic E-state index is 12.2.